The van der Waals surface area contributed by atoms with E-state index in [9.17, 15) is 4.79 Å². The van der Waals surface area contributed by atoms with E-state index in [2.05, 4.69) is 10.3 Å². The maximum absolute atomic E-state index is 12.1. The first-order chi connectivity index (χ1) is 9.00. The smallest absolute Gasteiger partial charge is 0.270 e. The van der Waals surface area contributed by atoms with Crippen LogP contribution < -0.4 is 11.1 Å². The monoisotopic (exact) mass is 283 g/mol. The van der Waals surface area contributed by atoms with Crippen molar-refractivity contribution in [3.63, 3.8) is 0 Å². The lowest BCUT2D eigenvalue weighted by atomic mass is 9.94. The average molecular weight is 283 g/mol. The van der Waals surface area contributed by atoms with Gasteiger partial charge >= 0.3 is 0 Å². The van der Waals surface area contributed by atoms with Crippen LogP contribution in [0.4, 0.5) is 0 Å². The molecular formula is C13H21N3O2S. The molecule has 1 unspecified atom stereocenters. The number of nitrogens with two attached hydrogens (primary N) is 1. The van der Waals surface area contributed by atoms with Gasteiger partial charge in [0.2, 0.25) is 0 Å². The molecule has 0 aromatic carbocycles. The molecular weight excluding hydrogens is 262 g/mol. The number of thiazole rings is 1. The lowest BCUT2D eigenvalue weighted by Crippen LogP contribution is -2.45. The molecule has 1 fully saturated rings. The van der Waals surface area contributed by atoms with Gasteiger partial charge in [0, 0.05) is 24.4 Å². The molecule has 0 saturated carbocycles. The highest BCUT2D eigenvalue weighted by Crippen LogP contribution is 2.24. The molecule has 0 spiro atoms. The summed E-state index contributed by atoms with van der Waals surface area (Å²) in [6.07, 6.45) is 2.41. The number of carbonyl (C=O) groups is 1. The van der Waals surface area contributed by atoms with Crippen molar-refractivity contribution in [3.8, 4) is 0 Å². The van der Waals surface area contributed by atoms with Crippen LogP contribution in [0.5, 0.6) is 0 Å². The van der Waals surface area contributed by atoms with E-state index in [1.54, 1.807) is 5.38 Å². The predicted octanol–water partition coefficient (Wildman–Crippen LogP) is 1.33. The average Bonchev–Trinajstić information content (AvgIpc) is 2.77. The molecule has 0 bridgehead atoms. The second kappa shape index (κ2) is 5.98. The largest absolute Gasteiger partial charge is 0.375 e. The van der Waals surface area contributed by atoms with Gasteiger partial charge in [0.15, 0.2) is 0 Å². The van der Waals surface area contributed by atoms with Crippen molar-refractivity contribution < 1.29 is 9.53 Å². The number of amides is 1. The van der Waals surface area contributed by atoms with Crippen LogP contribution >= 0.6 is 11.3 Å². The molecule has 5 nitrogen and oxygen atoms in total. The van der Waals surface area contributed by atoms with Gasteiger partial charge in [0.1, 0.15) is 5.69 Å². The summed E-state index contributed by atoms with van der Waals surface area (Å²) in [7, 11) is 0. The van der Waals surface area contributed by atoms with Crippen molar-refractivity contribution >= 4 is 17.2 Å². The fourth-order valence-corrected chi connectivity index (χ4v) is 3.06. The fraction of sp³-hybridized carbons (Fsp3) is 0.692. The molecule has 3 N–H and O–H groups in total. The highest BCUT2D eigenvalue weighted by atomic mass is 32.1. The van der Waals surface area contributed by atoms with Crippen LogP contribution in [0.15, 0.2) is 5.38 Å². The van der Waals surface area contributed by atoms with Gasteiger partial charge in [-0.1, -0.05) is 0 Å². The first kappa shape index (κ1) is 14.4. The Morgan fingerprint density at radius 3 is 3.16 bits per heavy atom. The van der Waals surface area contributed by atoms with Crippen molar-refractivity contribution in [2.24, 2.45) is 5.73 Å². The van der Waals surface area contributed by atoms with E-state index in [4.69, 9.17) is 10.5 Å². The van der Waals surface area contributed by atoms with Crippen LogP contribution in [0.2, 0.25) is 0 Å². The number of ether oxygens (including phenoxy) is 1. The number of nitrogens with one attached hydrogen (secondary N) is 1. The number of hydrogen-bond donors (Lipinski definition) is 2. The Balaban J connectivity index is 1.92. The van der Waals surface area contributed by atoms with Gasteiger partial charge < -0.3 is 15.8 Å². The number of aromatic nitrogens is 1. The van der Waals surface area contributed by atoms with E-state index in [0.717, 1.165) is 24.3 Å². The van der Waals surface area contributed by atoms with Crippen LogP contribution in [0, 0.1) is 0 Å². The summed E-state index contributed by atoms with van der Waals surface area (Å²) in [5.74, 6) is -0.0952. The lowest BCUT2D eigenvalue weighted by molar-refractivity contribution is -0.0615. The molecule has 1 aliphatic heterocycles. The Bertz CT molecular complexity index is 445. The molecule has 1 atom stereocenters. The summed E-state index contributed by atoms with van der Waals surface area (Å²) in [4.78, 5) is 16.4. The quantitative estimate of drug-likeness (QED) is 0.874. The lowest BCUT2D eigenvalue weighted by Gasteiger charge is -2.35. The minimum Gasteiger partial charge on any atom is -0.375 e. The summed E-state index contributed by atoms with van der Waals surface area (Å²) in [6, 6.07) is 0.163. The van der Waals surface area contributed by atoms with Crippen molar-refractivity contribution in [1.29, 1.82) is 0 Å². The highest BCUT2D eigenvalue weighted by molar-refractivity contribution is 7.09. The molecule has 0 radical (unpaired) electrons. The second-order valence-corrected chi connectivity index (χ2v) is 6.38. The third-order valence-electron chi connectivity index (χ3n) is 3.17. The normalized spacial score (nSPS) is 22.2. The van der Waals surface area contributed by atoms with E-state index in [0.29, 0.717) is 18.8 Å². The zero-order valence-electron chi connectivity index (χ0n) is 11.4. The van der Waals surface area contributed by atoms with Gasteiger partial charge in [-0.3, -0.25) is 4.79 Å². The highest BCUT2D eigenvalue weighted by Gasteiger charge is 2.30. The van der Waals surface area contributed by atoms with E-state index >= 15 is 0 Å². The molecule has 1 saturated heterocycles. The summed E-state index contributed by atoms with van der Waals surface area (Å²) in [5, 5.41) is 5.75. The SMILES string of the molecule is CC1(C)CC(NC(=O)c2csc(CCN)n2)CCO1. The Morgan fingerprint density at radius 1 is 1.68 bits per heavy atom. The Hall–Kier alpha value is -0.980. The molecule has 6 heteroatoms. The summed E-state index contributed by atoms with van der Waals surface area (Å²) in [5.41, 5.74) is 5.81. The van der Waals surface area contributed by atoms with Crippen molar-refractivity contribution in [3.05, 3.63) is 16.1 Å². The minimum atomic E-state index is -0.164. The van der Waals surface area contributed by atoms with Crippen molar-refractivity contribution in [2.45, 2.75) is 44.8 Å². The van der Waals surface area contributed by atoms with Crippen LogP contribution in [-0.2, 0) is 11.2 Å². The third-order valence-corrected chi connectivity index (χ3v) is 4.08. The Labute approximate surface area is 117 Å². The van der Waals surface area contributed by atoms with E-state index in [-0.39, 0.29) is 17.6 Å². The van der Waals surface area contributed by atoms with Gasteiger partial charge in [-0.15, -0.1) is 11.3 Å². The van der Waals surface area contributed by atoms with Gasteiger partial charge in [-0.05, 0) is 33.2 Å². The molecule has 2 rings (SSSR count). The maximum Gasteiger partial charge on any atom is 0.270 e. The van der Waals surface area contributed by atoms with E-state index < -0.39 is 0 Å². The Morgan fingerprint density at radius 2 is 2.47 bits per heavy atom. The van der Waals surface area contributed by atoms with Crippen LogP contribution in [0.25, 0.3) is 0 Å². The van der Waals surface area contributed by atoms with Crippen LogP contribution in [-0.4, -0.2) is 35.7 Å². The molecule has 1 aromatic rings. The predicted molar refractivity (Wildman–Crippen MR) is 75.4 cm³/mol. The number of carbonyl (C=O) groups excluding carboxylic acids is 1. The minimum absolute atomic E-state index is 0.0952. The summed E-state index contributed by atoms with van der Waals surface area (Å²) in [6.45, 7) is 5.34. The van der Waals surface area contributed by atoms with Crippen LogP contribution in [0.1, 0.15) is 42.2 Å². The molecule has 1 aliphatic rings. The summed E-state index contributed by atoms with van der Waals surface area (Å²) >= 11 is 1.49. The maximum atomic E-state index is 12.1. The first-order valence-electron chi connectivity index (χ1n) is 6.59. The van der Waals surface area contributed by atoms with Gasteiger partial charge in [-0.2, -0.15) is 0 Å². The summed E-state index contributed by atoms with van der Waals surface area (Å²) < 4.78 is 5.64. The van der Waals surface area contributed by atoms with Crippen molar-refractivity contribution in [2.75, 3.05) is 13.2 Å². The zero-order valence-corrected chi connectivity index (χ0v) is 12.3. The van der Waals surface area contributed by atoms with Gasteiger partial charge in [0.05, 0.1) is 10.6 Å². The number of rotatable bonds is 4. The first-order valence-corrected chi connectivity index (χ1v) is 7.47. The molecule has 2 heterocycles. The van der Waals surface area contributed by atoms with Crippen LogP contribution in [0.3, 0.4) is 0 Å². The topological polar surface area (TPSA) is 77.2 Å². The molecule has 1 aromatic heterocycles. The molecule has 106 valence electrons. The Kier molecular flexibility index (Phi) is 4.54. The van der Waals surface area contributed by atoms with E-state index in [1.165, 1.54) is 11.3 Å². The van der Waals surface area contributed by atoms with Gasteiger partial charge in [-0.25, -0.2) is 4.98 Å². The standard InChI is InChI=1S/C13H21N3O2S/c1-13(2)7-9(4-6-18-13)15-12(17)10-8-19-11(16-10)3-5-14/h8-9H,3-7,14H2,1-2H3,(H,15,17). The fourth-order valence-electron chi connectivity index (χ4n) is 2.27. The molecule has 0 aliphatic carbocycles. The molecule has 1 amide bonds. The zero-order chi connectivity index (χ0) is 13.9. The number of hydrogen-bond acceptors (Lipinski definition) is 5. The molecule has 19 heavy (non-hydrogen) atoms. The van der Waals surface area contributed by atoms with Gasteiger partial charge in [0.25, 0.3) is 5.91 Å². The van der Waals surface area contributed by atoms with Crippen molar-refractivity contribution in [1.82, 2.24) is 10.3 Å². The number of nitrogens with zero attached hydrogens (tertiary/aromatic N) is 1. The van der Waals surface area contributed by atoms with E-state index in [1.807, 2.05) is 13.8 Å². The third kappa shape index (κ3) is 3.99. The second-order valence-electron chi connectivity index (χ2n) is 5.44.